The zero-order valence-corrected chi connectivity index (χ0v) is 13.1. The highest BCUT2D eigenvalue weighted by Gasteiger charge is 2.21. The second-order valence-corrected chi connectivity index (χ2v) is 5.83. The molecule has 0 atom stereocenters. The van der Waals surface area contributed by atoms with Crippen LogP contribution in [-0.4, -0.2) is 34.7 Å². The van der Waals surface area contributed by atoms with Gasteiger partial charge < -0.3 is 4.90 Å². The van der Waals surface area contributed by atoms with Crippen LogP contribution in [0.2, 0.25) is 0 Å². The van der Waals surface area contributed by atoms with Crippen LogP contribution in [-0.2, 0) is 12.8 Å². The average Bonchev–Trinajstić information content (AvgIpc) is 2.70. The lowest BCUT2D eigenvalue weighted by atomic mass is 10.2. The maximum Gasteiger partial charge on any atom is 0.257 e. The van der Waals surface area contributed by atoms with E-state index in [0.29, 0.717) is 5.56 Å². The molecular weight excluding hydrogens is 270 g/mol. The van der Waals surface area contributed by atoms with Crippen LogP contribution in [0.5, 0.6) is 0 Å². The molecule has 0 aliphatic carbocycles. The Hall–Kier alpha value is -1.75. The first kappa shape index (κ1) is 14.7. The normalized spacial score (nSPS) is 10.6. The van der Waals surface area contributed by atoms with Gasteiger partial charge in [0.15, 0.2) is 0 Å². The maximum atomic E-state index is 12.3. The lowest BCUT2D eigenvalue weighted by molar-refractivity contribution is 0.0823. The van der Waals surface area contributed by atoms with Crippen molar-refractivity contribution in [2.45, 2.75) is 17.7 Å². The van der Waals surface area contributed by atoms with Gasteiger partial charge in [0.1, 0.15) is 5.03 Å². The third-order valence-electron chi connectivity index (χ3n) is 3.01. The van der Waals surface area contributed by atoms with E-state index in [0.717, 1.165) is 16.5 Å². The van der Waals surface area contributed by atoms with E-state index in [1.165, 1.54) is 5.56 Å². The minimum Gasteiger partial charge on any atom is -0.345 e. The molecule has 0 unspecified atom stereocenters. The molecule has 0 radical (unpaired) electrons. The molecule has 0 fully saturated rings. The number of aryl methyl sites for hydroxylation is 2. The van der Waals surface area contributed by atoms with Gasteiger partial charge in [-0.25, -0.2) is 0 Å². The van der Waals surface area contributed by atoms with Crippen LogP contribution in [0.3, 0.4) is 0 Å². The molecule has 4 nitrogen and oxygen atoms in total. The molecule has 0 saturated heterocycles. The molecule has 0 saturated carbocycles. The minimum absolute atomic E-state index is 0.00571. The van der Waals surface area contributed by atoms with Gasteiger partial charge in [0.05, 0.1) is 11.3 Å². The van der Waals surface area contributed by atoms with Crippen molar-refractivity contribution in [1.29, 1.82) is 0 Å². The van der Waals surface area contributed by atoms with Crippen LogP contribution >= 0.6 is 11.8 Å². The number of hydrogen-bond acceptors (Lipinski definition) is 3. The molecule has 2 rings (SSSR count). The van der Waals surface area contributed by atoms with Gasteiger partial charge in [0.25, 0.3) is 5.91 Å². The van der Waals surface area contributed by atoms with Crippen molar-refractivity contribution in [3.63, 3.8) is 0 Å². The summed E-state index contributed by atoms with van der Waals surface area (Å²) >= 11 is 1.65. The number of hydrogen-bond donors (Lipinski definition) is 0. The van der Waals surface area contributed by atoms with E-state index in [1.807, 2.05) is 32.2 Å². The molecule has 0 N–H and O–H groups in total. The van der Waals surface area contributed by atoms with Gasteiger partial charge in [-0.2, -0.15) is 5.10 Å². The SMILES string of the molecule is Cc1nn(C)c(SCc2ccccc2)c1C(=O)N(C)C. The van der Waals surface area contributed by atoms with Crippen molar-refractivity contribution in [3.05, 3.63) is 47.2 Å². The van der Waals surface area contributed by atoms with Crippen molar-refractivity contribution in [1.82, 2.24) is 14.7 Å². The van der Waals surface area contributed by atoms with E-state index in [-0.39, 0.29) is 5.91 Å². The summed E-state index contributed by atoms with van der Waals surface area (Å²) in [5.74, 6) is 0.833. The minimum atomic E-state index is 0.00571. The highest BCUT2D eigenvalue weighted by Crippen LogP contribution is 2.28. The van der Waals surface area contributed by atoms with Gasteiger partial charge >= 0.3 is 0 Å². The zero-order valence-electron chi connectivity index (χ0n) is 12.3. The summed E-state index contributed by atoms with van der Waals surface area (Å²) in [5.41, 5.74) is 2.72. The highest BCUT2D eigenvalue weighted by molar-refractivity contribution is 7.98. The third kappa shape index (κ3) is 3.04. The van der Waals surface area contributed by atoms with E-state index in [2.05, 4.69) is 17.2 Å². The Bertz CT molecular complexity index is 605. The maximum absolute atomic E-state index is 12.3. The number of aromatic nitrogens is 2. The van der Waals surface area contributed by atoms with Gasteiger partial charge in [-0.1, -0.05) is 30.3 Å². The largest absolute Gasteiger partial charge is 0.345 e. The van der Waals surface area contributed by atoms with Gasteiger partial charge in [-0.15, -0.1) is 11.8 Å². The van der Waals surface area contributed by atoms with Crippen molar-refractivity contribution in [2.75, 3.05) is 14.1 Å². The second kappa shape index (κ2) is 6.13. The number of carbonyl (C=O) groups is 1. The molecule has 2 aromatic rings. The molecule has 1 aromatic carbocycles. The first-order chi connectivity index (χ1) is 9.50. The highest BCUT2D eigenvalue weighted by atomic mass is 32.2. The van der Waals surface area contributed by atoms with Crippen LogP contribution in [0.4, 0.5) is 0 Å². The topological polar surface area (TPSA) is 38.1 Å². The molecule has 1 heterocycles. The number of carbonyl (C=O) groups excluding carboxylic acids is 1. The summed E-state index contributed by atoms with van der Waals surface area (Å²) < 4.78 is 1.79. The Morgan fingerprint density at radius 2 is 1.95 bits per heavy atom. The molecule has 0 bridgehead atoms. The summed E-state index contributed by atoms with van der Waals surface area (Å²) in [6, 6.07) is 10.2. The average molecular weight is 289 g/mol. The summed E-state index contributed by atoms with van der Waals surface area (Å²) in [7, 11) is 5.41. The van der Waals surface area contributed by atoms with Crippen molar-refractivity contribution in [2.24, 2.45) is 7.05 Å². The molecule has 0 spiro atoms. The molecule has 1 amide bonds. The van der Waals surface area contributed by atoms with E-state index < -0.39 is 0 Å². The van der Waals surface area contributed by atoms with Crippen LogP contribution in [0, 0.1) is 6.92 Å². The molecule has 5 heteroatoms. The lowest BCUT2D eigenvalue weighted by Gasteiger charge is -2.11. The standard InChI is InChI=1S/C15H19N3OS/c1-11-13(14(19)17(2)3)15(18(4)16-11)20-10-12-8-6-5-7-9-12/h5-9H,10H2,1-4H3. The Balaban J connectivity index is 2.25. The first-order valence-electron chi connectivity index (χ1n) is 6.42. The summed E-state index contributed by atoms with van der Waals surface area (Å²) in [6.07, 6.45) is 0. The Morgan fingerprint density at radius 3 is 2.55 bits per heavy atom. The monoisotopic (exact) mass is 289 g/mol. The fourth-order valence-electron chi connectivity index (χ4n) is 2.00. The number of amides is 1. The third-order valence-corrected chi connectivity index (χ3v) is 4.23. The summed E-state index contributed by atoms with van der Waals surface area (Å²) in [4.78, 5) is 13.9. The Labute approximate surface area is 123 Å². The number of rotatable bonds is 4. The predicted octanol–water partition coefficient (Wildman–Crippen LogP) is 2.72. The predicted molar refractivity (Wildman–Crippen MR) is 82.0 cm³/mol. The van der Waals surface area contributed by atoms with Gasteiger partial charge in [0.2, 0.25) is 0 Å². The van der Waals surface area contributed by atoms with E-state index in [4.69, 9.17) is 0 Å². The fraction of sp³-hybridized carbons (Fsp3) is 0.333. The van der Waals surface area contributed by atoms with E-state index in [9.17, 15) is 4.79 Å². The van der Waals surface area contributed by atoms with Gasteiger partial charge in [-0.3, -0.25) is 9.48 Å². The lowest BCUT2D eigenvalue weighted by Crippen LogP contribution is -2.22. The summed E-state index contributed by atoms with van der Waals surface area (Å²) in [5, 5.41) is 5.30. The van der Waals surface area contributed by atoms with Gasteiger partial charge in [-0.05, 0) is 12.5 Å². The number of nitrogens with zero attached hydrogens (tertiary/aromatic N) is 3. The van der Waals surface area contributed by atoms with Crippen LogP contribution in [0.1, 0.15) is 21.6 Å². The molecule has 20 heavy (non-hydrogen) atoms. The smallest absolute Gasteiger partial charge is 0.257 e. The van der Waals surface area contributed by atoms with Crippen molar-refractivity contribution < 1.29 is 4.79 Å². The molecule has 1 aromatic heterocycles. The summed E-state index contributed by atoms with van der Waals surface area (Å²) in [6.45, 7) is 1.88. The van der Waals surface area contributed by atoms with Crippen LogP contribution in [0.15, 0.2) is 35.4 Å². The van der Waals surface area contributed by atoms with Crippen molar-refractivity contribution >= 4 is 17.7 Å². The Morgan fingerprint density at radius 1 is 1.30 bits per heavy atom. The molecular formula is C15H19N3OS. The molecule has 106 valence electrons. The number of thioether (sulfide) groups is 1. The van der Waals surface area contributed by atoms with Crippen molar-refractivity contribution in [3.8, 4) is 0 Å². The van der Waals surface area contributed by atoms with Crippen LogP contribution in [0.25, 0.3) is 0 Å². The van der Waals surface area contributed by atoms with E-state index in [1.54, 1.807) is 35.4 Å². The van der Waals surface area contributed by atoms with Crippen LogP contribution < -0.4 is 0 Å². The molecule has 0 aliphatic rings. The van der Waals surface area contributed by atoms with E-state index >= 15 is 0 Å². The second-order valence-electron chi connectivity index (χ2n) is 4.86. The molecule has 0 aliphatic heterocycles. The first-order valence-corrected chi connectivity index (χ1v) is 7.41. The zero-order chi connectivity index (χ0) is 14.7. The van der Waals surface area contributed by atoms with Gasteiger partial charge in [0, 0.05) is 26.9 Å². The fourth-order valence-corrected chi connectivity index (χ4v) is 3.10. The number of benzene rings is 1. The Kier molecular flexibility index (Phi) is 4.49. The quantitative estimate of drug-likeness (QED) is 0.812.